The Balaban J connectivity index is 1.90. The zero-order chi connectivity index (χ0) is 18.1. The number of Topliss-reactive ketones (excluding diaryl/α,β-unsaturated/α-hetero) is 1. The number of carbonyl (C=O) groups is 2. The molecule has 0 aliphatic rings. The summed E-state index contributed by atoms with van der Waals surface area (Å²) in [6.45, 7) is 7.69. The van der Waals surface area contributed by atoms with Crippen LogP contribution in [-0.2, 0) is 4.79 Å². The lowest BCUT2D eigenvalue weighted by molar-refractivity contribution is -0.112. The van der Waals surface area contributed by atoms with Crippen LogP contribution in [0.3, 0.4) is 0 Å². The van der Waals surface area contributed by atoms with Gasteiger partial charge in [0, 0.05) is 33.7 Å². The number of thiazole rings is 1. The Morgan fingerprint density at radius 1 is 1.08 bits per heavy atom. The average Bonchev–Trinajstić information content (AvgIpc) is 3.11. The van der Waals surface area contributed by atoms with E-state index < -0.39 is 11.7 Å². The molecule has 5 nitrogen and oxygen atoms in total. The monoisotopic (exact) mass is 353 g/mol. The van der Waals surface area contributed by atoms with Crippen molar-refractivity contribution in [1.29, 1.82) is 0 Å². The van der Waals surface area contributed by atoms with E-state index in [0.717, 1.165) is 22.0 Å². The largest absolute Gasteiger partial charge is 0.318 e. The average molecular weight is 353 g/mol. The van der Waals surface area contributed by atoms with E-state index in [9.17, 15) is 9.59 Å². The highest BCUT2D eigenvalue weighted by atomic mass is 32.1. The van der Waals surface area contributed by atoms with E-state index in [0.29, 0.717) is 10.7 Å². The number of benzene rings is 1. The molecule has 0 aliphatic carbocycles. The molecule has 1 amide bonds. The molecule has 128 valence electrons. The van der Waals surface area contributed by atoms with E-state index >= 15 is 0 Å². The van der Waals surface area contributed by atoms with Crippen LogP contribution in [-0.4, -0.2) is 21.2 Å². The number of carbonyl (C=O) groups excluding carboxylic acids is 2. The van der Waals surface area contributed by atoms with Gasteiger partial charge in [-0.1, -0.05) is 17.7 Å². The van der Waals surface area contributed by atoms with Gasteiger partial charge in [0.05, 0.1) is 0 Å². The molecule has 0 unspecified atom stereocenters. The van der Waals surface area contributed by atoms with Gasteiger partial charge in [0.2, 0.25) is 0 Å². The van der Waals surface area contributed by atoms with Gasteiger partial charge in [-0.3, -0.25) is 14.9 Å². The Morgan fingerprint density at radius 3 is 2.36 bits per heavy atom. The number of anilines is 1. The summed E-state index contributed by atoms with van der Waals surface area (Å²) in [6, 6.07) is 9.80. The molecule has 2 aromatic heterocycles. The molecule has 25 heavy (non-hydrogen) atoms. The van der Waals surface area contributed by atoms with E-state index in [1.165, 1.54) is 16.9 Å². The van der Waals surface area contributed by atoms with Gasteiger partial charge in [-0.15, -0.1) is 11.3 Å². The summed E-state index contributed by atoms with van der Waals surface area (Å²) in [4.78, 5) is 29.9. The van der Waals surface area contributed by atoms with E-state index in [2.05, 4.69) is 10.3 Å². The number of nitrogens with one attached hydrogen (secondary N) is 1. The minimum absolute atomic E-state index is 0.406. The van der Waals surface area contributed by atoms with Crippen LogP contribution in [0.1, 0.15) is 32.2 Å². The normalized spacial score (nSPS) is 10.7. The minimum Gasteiger partial charge on any atom is -0.318 e. The van der Waals surface area contributed by atoms with E-state index in [4.69, 9.17) is 0 Å². The van der Waals surface area contributed by atoms with Gasteiger partial charge in [-0.25, -0.2) is 4.98 Å². The van der Waals surface area contributed by atoms with Gasteiger partial charge in [-0.05, 0) is 45.9 Å². The number of amides is 1. The molecule has 1 N–H and O–H groups in total. The third-order valence-electron chi connectivity index (χ3n) is 4.02. The lowest BCUT2D eigenvalue weighted by Gasteiger charge is -2.10. The number of rotatable bonds is 4. The SMILES string of the molecule is Cc1ccc(-n2c(C)cc(C(=O)C(=O)Nc3ncc(C)s3)c2C)cc1. The van der Waals surface area contributed by atoms with Crippen LogP contribution in [0, 0.1) is 27.7 Å². The summed E-state index contributed by atoms with van der Waals surface area (Å²) in [5, 5.41) is 3.01. The topological polar surface area (TPSA) is 64.0 Å². The number of hydrogen-bond donors (Lipinski definition) is 1. The molecule has 0 fully saturated rings. The summed E-state index contributed by atoms with van der Waals surface area (Å²) < 4.78 is 1.98. The third kappa shape index (κ3) is 3.39. The van der Waals surface area contributed by atoms with Crippen LogP contribution in [0.4, 0.5) is 5.13 Å². The molecule has 6 heteroatoms. The van der Waals surface area contributed by atoms with Crippen LogP contribution in [0.2, 0.25) is 0 Å². The fraction of sp³-hybridized carbons (Fsp3) is 0.211. The van der Waals surface area contributed by atoms with Crippen LogP contribution >= 0.6 is 11.3 Å². The van der Waals surface area contributed by atoms with Crippen LogP contribution in [0.25, 0.3) is 5.69 Å². The Hall–Kier alpha value is -2.73. The van der Waals surface area contributed by atoms with E-state index in [-0.39, 0.29) is 0 Å². The molecule has 0 radical (unpaired) electrons. The van der Waals surface area contributed by atoms with Gasteiger partial charge in [-0.2, -0.15) is 0 Å². The number of nitrogens with zero attached hydrogens (tertiary/aromatic N) is 2. The Labute approximate surface area is 150 Å². The summed E-state index contributed by atoms with van der Waals surface area (Å²) in [7, 11) is 0. The van der Waals surface area contributed by atoms with E-state index in [1.54, 1.807) is 12.3 Å². The van der Waals surface area contributed by atoms with Crippen LogP contribution in [0.5, 0.6) is 0 Å². The van der Waals surface area contributed by atoms with Gasteiger partial charge < -0.3 is 4.57 Å². The maximum Gasteiger partial charge on any atom is 0.298 e. The van der Waals surface area contributed by atoms with Crippen molar-refractivity contribution in [2.75, 3.05) is 5.32 Å². The maximum absolute atomic E-state index is 12.6. The van der Waals surface area contributed by atoms with Crippen molar-refractivity contribution in [2.24, 2.45) is 0 Å². The zero-order valence-electron chi connectivity index (χ0n) is 14.6. The lowest BCUT2D eigenvalue weighted by atomic mass is 10.1. The highest BCUT2D eigenvalue weighted by Gasteiger charge is 2.23. The first-order valence-electron chi connectivity index (χ1n) is 7.91. The Bertz CT molecular complexity index is 952. The van der Waals surface area contributed by atoms with E-state index in [1.807, 2.05) is 56.5 Å². The van der Waals surface area contributed by atoms with Crippen molar-refractivity contribution in [1.82, 2.24) is 9.55 Å². The molecule has 0 saturated carbocycles. The molecule has 1 aromatic carbocycles. The number of hydrogen-bond acceptors (Lipinski definition) is 4. The lowest BCUT2D eigenvalue weighted by Crippen LogP contribution is -2.23. The quantitative estimate of drug-likeness (QED) is 0.570. The van der Waals surface area contributed by atoms with Gasteiger partial charge >= 0.3 is 0 Å². The first-order chi connectivity index (χ1) is 11.9. The molecule has 0 saturated heterocycles. The van der Waals surface area contributed by atoms with Crippen molar-refractivity contribution < 1.29 is 9.59 Å². The van der Waals surface area contributed by atoms with Gasteiger partial charge in [0.25, 0.3) is 11.7 Å². The second-order valence-corrected chi connectivity index (χ2v) is 7.25. The van der Waals surface area contributed by atoms with Crippen LogP contribution in [0.15, 0.2) is 36.5 Å². The summed E-state index contributed by atoms with van der Waals surface area (Å²) in [5.74, 6) is -1.22. The fourth-order valence-corrected chi connectivity index (χ4v) is 3.43. The molecule has 0 spiro atoms. The van der Waals surface area contributed by atoms with Crippen LogP contribution < -0.4 is 5.32 Å². The second-order valence-electron chi connectivity index (χ2n) is 6.02. The standard InChI is InChI=1S/C19H19N3O2S/c1-11-5-7-15(8-6-11)22-12(2)9-16(14(22)4)17(23)18(24)21-19-20-10-13(3)25-19/h5-10H,1-4H3,(H,20,21,24). The van der Waals surface area contributed by atoms with Gasteiger partial charge in [0.1, 0.15) is 0 Å². The molecular weight excluding hydrogens is 334 g/mol. The minimum atomic E-state index is -0.668. The highest BCUT2D eigenvalue weighted by molar-refractivity contribution is 7.15. The predicted octanol–water partition coefficient (Wildman–Crippen LogP) is 3.99. The maximum atomic E-state index is 12.6. The first-order valence-corrected chi connectivity index (χ1v) is 8.72. The molecule has 0 bridgehead atoms. The Morgan fingerprint density at radius 2 is 1.76 bits per heavy atom. The fourth-order valence-electron chi connectivity index (χ4n) is 2.77. The van der Waals surface area contributed by atoms with Crippen molar-refractivity contribution in [2.45, 2.75) is 27.7 Å². The number of aromatic nitrogens is 2. The summed E-state index contributed by atoms with van der Waals surface area (Å²) >= 11 is 1.34. The number of ketones is 1. The zero-order valence-corrected chi connectivity index (χ0v) is 15.4. The molecule has 3 rings (SSSR count). The van der Waals surface area contributed by atoms with Gasteiger partial charge in [0.15, 0.2) is 5.13 Å². The predicted molar refractivity (Wildman–Crippen MR) is 99.8 cm³/mol. The van der Waals surface area contributed by atoms with Crippen molar-refractivity contribution in [3.05, 3.63) is 63.9 Å². The van der Waals surface area contributed by atoms with Crippen molar-refractivity contribution in [3.8, 4) is 5.69 Å². The number of aryl methyl sites for hydroxylation is 3. The summed E-state index contributed by atoms with van der Waals surface area (Å²) in [5.41, 5.74) is 4.19. The third-order valence-corrected chi connectivity index (χ3v) is 4.84. The highest BCUT2D eigenvalue weighted by Crippen LogP contribution is 2.22. The molecule has 0 atom stereocenters. The smallest absolute Gasteiger partial charge is 0.298 e. The summed E-state index contributed by atoms with van der Waals surface area (Å²) in [6.07, 6.45) is 1.66. The molecule has 0 aliphatic heterocycles. The van der Waals surface area contributed by atoms with Crippen molar-refractivity contribution >= 4 is 28.2 Å². The molecule has 3 aromatic rings. The van der Waals surface area contributed by atoms with Crippen molar-refractivity contribution in [3.63, 3.8) is 0 Å². The first kappa shape index (κ1) is 17.1. The molecular formula is C19H19N3O2S. The molecule has 2 heterocycles. The second kappa shape index (κ2) is 6.64. The Kier molecular flexibility index (Phi) is 4.55.